The van der Waals surface area contributed by atoms with Gasteiger partial charge >= 0.3 is 5.97 Å². The first-order chi connectivity index (χ1) is 40.2. The highest BCUT2D eigenvalue weighted by molar-refractivity contribution is 5.98. The Morgan fingerprint density at radius 3 is 1.40 bits per heavy atom. The number of Topliss-reactive ketones (excluding diaryl/α,β-unsaturated/α-hetero) is 1. The lowest BCUT2D eigenvalue weighted by molar-refractivity contribution is 0.0693. The van der Waals surface area contributed by atoms with E-state index >= 15 is 0 Å². The zero-order valence-electron chi connectivity index (χ0n) is 45.0. The van der Waals surface area contributed by atoms with E-state index < -0.39 is 28.5 Å². The van der Waals surface area contributed by atoms with Crippen LogP contribution in [0, 0.1) is 11.6 Å². The first kappa shape index (κ1) is 55.7. The number of benzene rings is 4. The van der Waals surface area contributed by atoms with E-state index in [0.717, 1.165) is 42.0 Å². The standard InChI is InChI=1S/C31H25FN4O5.C16H15N3O3.C14H11FN2O3/c1-39-28-14-23-25(15-29(28)40-2)33-12-11-27(23)41-22-10-7-20(34-16-22)13-26(37)24-17-36(21-8-9-21)35-30(31(24)38)18-3-5-19(32)6-4-18;1-20-14-7-11-12(8-15(14)21-2)18-6-5-13(11)22-10-3-4-16(17)19-9-10;15-9-3-1-8(2-4-9)12-13(18)11(14(19)20)7-17(16-12)10-5-6-10/h3-7,10-12,14-17,21H,8-9,13H2,1-2H3;3-9H,1-2H3,(H2,17,19);1-4,7,10H,5-6H2,(H,19,20). The summed E-state index contributed by atoms with van der Waals surface area (Å²) >= 11 is 0. The van der Waals surface area contributed by atoms with Crippen molar-refractivity contribution in [1.82, 2.24) is 39.5 Å². The molecule has 0 radical (unpaired) electrons. The molecule has 0 amide bonds. The van der Waals surface area contributed by atoms with E-state index in [1.807, 2.05) is 12.1 Å². The summed E-state index contributed by atoms with van der Waals surface area (Å²) < 4.78 is 62.9. The minimum atomic E-state index is -1.28. The number of hydrogen-bond acceptors (Lipinski definition) is 17. The van der Waals surface area contributed by atoms with Crippen LogP contribution in [0.1, 0.15) is 64.2 Å². The normalized spacial score (nSPS) is 12.5. The van der Waals surface area contributed by atoms with Crippen LogP contribution in [0.2, 0.25) is 0 Å². The Morgan fingerprint density at radius 1 is 0.554 bits per heavy atom. The quantitative estimate of drug-likeness (QED) is 0.0852. The number of nitrogens with zero attached hydrogens (tertiary/aromatic N) is 8. The zero-order valence-corrected chi connectivity index (χ0v) is 45.0. The molecule has 420 valence electrons. The van der Waals surface area contributed by atoms with Gasteiger partial charge in [-0.2, -0.15) is 10.2 Å². The van der Waals surface area contributed by atoms with E-state index in [4.69, 9.17) is 39.3 Å². The van der Waals surface area contributed by atoms with Crippen molar-refractivity contribution in [2.24, 2.45) is 0 Å². The van der Waals surface area contributed by atoms with Crippen LogP contribution in [0.15, 0.2) is 156 Å². The van der Waals surface area contributed by atoms with Crippen molar-refractivity contribution in [3.8, 4) is 68.5 Å². The van der Waals surface area contributed by atoms with Gasteiger partial charge in [-0.1, -0.05) is 0 Å². The molecule has 2 aliphatic carbocycles. The Labute approximate surface area is 471 Å². The molecule has 3 N–H and O–H groups in total. The van der Waals surface area contributed by atoms with Crippen molar-refractivity contribution < 1.29 is 51.9 Å². The largest absolute Gasteiger partial charge is 0.493 e. The van der Waals surface area contributed by atoms with Gasteiger partial charge in [0.05, 0.1) is 75.9 Å². The maximum atomic E-state index is 13.5. The number of methoxy groups -OCH3 is 4. The lowest BCUT2D eigenvalue weighted by atomic mass is 10.0. The van der Waals surface area contributed by atoms with Gasteiger partial charge in [-0.05, 0) is 123 Å². The summed E-state index contributed by atoms with van der Waals surface area (Å²) in [5, 5.41) is 19.3. The fourth-order valence-electron chi connectivity index (χ4n) is 8.63. The number of pyridine rings is 4. The molecular formula is C61H51F2N9O11. The number of carboxylic acids is 1. The van der Waals surface area contributed by atoms with Crippen LogP contribution in [0.25, 0.3) is 44.3 Å². The highest BCUT2D eigenvalue weighted by atomic mass is 19.1. The Kier molecular flexibility index (Phi) is 16.4. The number of ketones is 1. The van der Waals surface area contributed by atoms with E-state index in [1.165, 1.54) is 71.8 Å². The topological polar surface area (TPSA) is 257 Å². The minimum Gasteiger partial charge on any atom is -0.493 e. The molecule has 2 aliphatic rings. The van der Waals surface area contributed by atoms with Crippen LogP contribution in [0.5, 0.6) is 46.0 Å². The predicted octanol–water partition coefficient (Wildman–Crippen LogP) is 10.7. The van der Waals surface area contributed by atoms with E-state index in [-0.39, 0.29) is 46.8 Å². The molecule has 20 nitrogen and oxygen atoms in total. The summed E-state index contributed by atoms with van der Waals surface area (Å²) in [6, 6.07) is 28.6. The van der Waals surface area contributed by atoms with Crippen LogP contribution >= 0.6 is 0 Å². The molecule has 0 bridgehead atoms. The molecule has 83 heavy (non-hydrogen) atoms. The highest BCUT2D eigenvalue weighted by Gasteiger charge is 2.29. The minimum absolute atomic E-state index is 0.0287. The Hall–Kier alpha value is -10.6. The molecule has 0 atom stereocenters. The van der Waals surface area contributed by atoms with Crippen molar-refractivity contribution >= 4 is 39.4 Å². The van der Waals surface area contributed by atoms with Gasteiger partial charge in [-0.15, -0.1) is 0 Å². The maximum absolute atomic E-state index is 13.5. The number of hydrogen-bond donors (Lipinski definition) is 2. The number of carbonyl (C=O) groups is 2. The van der Waals surface area contributed by atoms with Crippen LogP contribution in [0.4, 0.5) is 14.6 Å². The Bertz CT molecular complexity index is 4160. The molecule has 0 saturated heterocycles. The van der Waals surface area contributed by atoms with Gasteiger partial charge < -0.3 is 39.3 Å². The molecule has 4 aromatic carbocycles. The van der Waals surface area contributed by atoms with E-state index in [2.05, 4.69) is 30.1 Å². The second kappa shape index (κ2) is 24.4. The van der Waals surface area contributed by atoms with Crippen LogP contribution in [0.3, 0.4) is 0 Å². The van der Waals surface area contributed by atoms with E-state index in [1.54, 1.807) is 100 Å². The average molecular weight is 1120 g/mol. The second-order valence-electron chi connectivity index (χ2n) is 19.0. The molecule has 2 saturated carbocycles. The predicted molar refractivity (Wildman–Crippen MR) is 302 cm³/mol. The number of aromatic carboxylic acids is 1. The van der Waals surface area contributed by atoms with E-state index in [0.29, 0.717) is 74.2 Å². The zero-order chi connectivity index (χ0) is 58.3. The first-order valence-corrected chi connectivity index (χ1v) is 25.8. The van der Waals surface area contributed by atoms with Gasteiger partial charge in [0.25, 0.3) is 0 Å². The molecule has 12 rings (SSSR count). The van der Waals surface area contributed by atoms with Gasteiger partial charge in [0.2, 0.25) is 10.9 Å². The highest BCUT2D eigenvalue weighted by Crippen LogP contribution is 2.39. The lowest BCUT2D eigenvalue weighted by Gasteiger charge is -2.12. The Balaban J connectivity index is 0.000000154. The monoisotopic (exact) mass is 1120 g/mol. The molecule has 22 heteroatoms. The van der Waals surface area contributed by atoms with Crippen molar-refractivity contribution in [2.45, 2.75) is 44.2 Å². The van der Waals surface area contributed by atoms with Crippen LogP contribution in [-0.4, -0.2) is 84.8 Å². The van der Waals surface area contributed by atoms with Crippen molar-refractivity contribution in [2.75, 3.05) is 34.2 Å². The van der Waals surface area contributed by atoms with Crippen LogP contribution < -0.4 is 45.0 Å². The Morgan fingerprint density at radius 2 is 0.988 bits per heavy atom. The fourth-order valence-corrected chi connectivity index (χ4v) is 8.63. The first-order valence-electron chi connectivity index (χ1n) is 25.8. The smallest absolute Gasteiger partial charge is 0.341 e. The summed E-state index contributed by atoms with van der Waals surface area (Å²) in [4.78, 5) is 67.0. The summed E-state index contributed by atoms with van der Waals surface area (Å²) in [6.07, 6.45) is 12.8. The molecule has 10 aromatic rings. The van der Waals surface area contributed by atoms with Gasteiger partial charge in [0, 0.05) is 64.5 Å². The van der Waals surface area contributed by atoms with Crippen molar-refractivity contribution in [1.29, 1.82) is 0 Å². The summed E-state index contributed by atoms with van der Waals surface area (Å²) in [5.41, 5.74) is 7.07. The molecule has 0 unspecified atom stereocenters. The SMILES string of the molecule is COc1cc2nccc(Oc3ccc(CC(=O)c4cn(C5CC5)nc(-c5ccc(F)cc5)c4=O)nc3)c2cc1OC.COc1cc2nccc(Oc3ccc(N)nc3)c2cc1OC.O=C(O)c1cn(C2CC2)nc(-c2ccc(F)cc2)c1=O. The number of carboxylic acid groups (broad SMARTS) is 1. The number of rotatable bonds is 16. The van der Waals surface area contributed by atoms with Crippen molar-refractivity contribution in [3.63, 3.8) is 0 Å². The van der Waals surface area contributed by atoms with E-state index in [9.17, 15) is 28.0 Å². The number of ether oxygens (including phenoxy) is 6. The summed E-state index contributed by atoms with van der Waals surface area (Å²) in [6.45, 7) is 0. The van der Waals surface area contributed by atoms with Gasteiger partial charge in [0.1, 0.15) is 57.4 Å². The third kappa shape index (κ3) is 12.9. The fraction of sp³-hybridized carbons (Fsp3) is 0.180. The van der Waals surface area contributed by atoms with Gasteiger partial charge in [-0.3, -0.25) is 38.7 Å². The van der Waals surface area contributed by atoms with Crippen LogP contribution in [-0.2, 0) is 6.42 Å². The molecule has 2 fully saturated rings. The van der Waals surface area contributed by atoms with Crippen molar-refractivity contribution in [3.05, 3.63) is 195 Å². The third-order valence-electron chi connectivity index (χ3n) is 13.2. The number of aromatic nitrogens is 8. The number of halogens is 2. The van der Waals surface area contributed by atoms with Gasteiger partial charge in [-0.25, -0.2) is 18.6 Å². The molecular weight excluding hydrogens is 1070 g/mol. The number of nitrogens with two attached hydrogens (primary N) is 1. The summed E-state index contributed by atoms with van der Waals surface area (Å²) in [7, 11) is 6.29. The molecule has 0 spiro atoms. The number of nitrogen functional groups attached to an aromatic ring is 1. The number of anilines is 1. The lowest BCUT2D eigenvalue weighted by Crippen LogP contribution is -2.23. The third-order valence-corrected chi connectivity index (χ3v) is 13.2. The molecule has 6 aromatic heterocycles. The molecule has 6 heterocycles. The number of fused-ring (bicyclic) bond motifs is 2. The summed E-state index contributed by atoms with van der Waals surface area (Å²) in [5.74, 6) is 2.53. The second-order valence-corrected chi connectivity index (χ2v) is 19.0. The molecule has 0 aliphatic heterocycles. The number of carbonyl (C=O) groups excluding carboxylic acids is 1. The average Bonchev–Trinajstić information content (AvgIpc) is 4.62. The maximum Gasteiger partial charge on any atom is 0.341 e. The van der Waals surface area contributed by atoms with Gasteiger partial charge in [0.15, 0.2) is 28.8 Å².